The number of hydrogen-bond acceptors (Lipinski definition) is 2. The van der Waals surface area contributed by atoms with Crippen LogP contribution in [0.5, 0.6) is 5.75 Å². The largest absolute Gasteiger partial charge is 0.496 e. The van der Waals surface area contributed by atoms with E-state index in [4.69, 9.17) is 16.3 Å². The van der Waals surface area contributed by atoms with Gasteiger partial charge in [-0.25, -0.2) is 8.78 Å². The van der Waals surface area contributed by atoms with Gasteiger partial charge in [-0.2, -0.15) is 0 Å². The molecule has 0 aliphatic rings. The minimum atomic E-state index is -1.46. The van der Waals surface area contributed by atoms with Crippen molar-refractivity contribution < 1.29 is 18.6 Å². The highest BCUT2D eigenvalue weighted by Gasteiger charge is 2.26. The fourth-order valence-electron chi connectivity index (χ4n) is 2.22. The average Bonchev–Trinajstić information content (AvgIpc) is 2.37. The molecule has 21 heavy (non-hydrogen) atoms. The summed E-state index contributed by atoms with van der Waals surface area (Å²) in [5, 5.41) is 11.1. The summed E-state index contributed by atoms with van der Waals surface area (Å²) in [6.07, 6.45) is 0.111. The highest BCUT2D eigenvalue weighted by atomic mass is 35.5. The molecule has 0 radical (unpaired) electrons. The van der Waals surface area contributed by atoms with Crippen molar-refractivity contribution in [3.63, 3.8) is 0 Å². The van der Waals surface area contributed by atoms with Gasteiger partial charge in [0.1, 0.15) is 17.4 Å². The Balaban J connectivity index is 2.38. The van der Waals surface area contributed by atoms with Crippen LogP contribution >= 0.6 is 11.6 Å². The Labute approximate surface area is 126 Å². The third-order valence-corrected chi connectivity index (χ3v) is 3.50. The second-order valence-electron chi connectivity index (χ2n) is 5.06. The summed E-state index contributed by atoms with van der Waals surface area (Å²) in [5.74, 6) is -0.914. The standard InChI is InChI=1S/C16H15ClF2O2/c1-16(20,11-6-13(18)8-14(19)7-11)9-10-5-12(17)3-4-15(10)21-2/h3-8,20H,9H2,1-2H3. The van der Waals surface area contributed by atoms with E-state index < -0.39 is 17.2 Å². The molecule has 2 rings (SSSR count). The molecule has 0 bridgehead atoms. The van der Waals surface area contributed by atoms with Crippen LogP contribution in [0.2, 0.25) is 5.02 Å². The fourth-order valence-corrected chi connectivity index (χ4v) is 2.42. The van der Waals surface area contributed by atoms with Gasteiger partial charge in [-0.1, -0.05) is 11.6 Å². The maximum atomic E-state index is 13.3. The van der Waals surface area contributed by atoms with Crippen LogP contribution in [-0.2, 0) is 12.0 Å². The van der Waals surface area contributed by atoms with Crippen molar-refractivity contribution in [1.29, 1.82) is 0 Å². The molecule has 0 saturated heterocycles. The Morgan fingerprint density at radius 1 is 1.14 bits per heavy atom. The molecular formula is C16H15ClF2O2. The van der Waals surface area contributed by atoms with Crippen molar-refractivity contribution in [3.8, 4) is 5.75 Å². The topological polar surface area (TPSA) is 29.5 Å². The molecule has 0 saturated carbocycles. The zero-order valence-corrected chi connectivity index (χ0v) is 12.4. The lowest BCUT2D eigenvalue weighted by Gasteiger charge is -2.25. The van der Waals surface area contributed by atoms with Crippen LogP contribution in [0.25, 0.3) is 0 Å². The van der Waals surface area contributed by atoms with Crippen molar-refractivity contribution in [1.82, 2.24) is 0 Å². The maximum absolute atomic E-state index is 13.3. The maximum Gasteiger partial charge on any atom is 0.126 e. The summed E-state index contributed by atoms with van der Waals surface area (Å²) < 4.78 is 31.8. The SMILES string of the molecule is COc1ccc(Cl)cc1CC(C)(O)c1cc(F)cc(F)c1. The summed E-state index contributed by atoms with van der Waals surface area (Å²) in [7, 11) is 1.50. The van der Waals surface area contributed by atoms with E-state index in [1.807, 2.05) is 0 Å². The van der Waals surface area contributed by atoms with E-state index in [0.717, 1.165) is 18.2 Å². The quantitative estimate of drug-likeness (QED) is 0.922. The third-order valence-electron chi connectivity index (χ3n) is 3.26. The van der Waals surface area contributed by atoms with Crippen LogP contribution in [0.15, 0.2) is 36.4 Å². The second-order valence-corrected chi connectivity index (χ2v) is 5.50. The van der Waals surface area contributed by atoms with Crippen molar-refractivity contribution in [3.05, 3.63) is 64.2 Å². The monoisotopic (exact) mass is 312 g/mol. The summed E-state index contributed by atoms with van der Waals surface area (Å²) >= 11 is 5.94. The molecule has 0 heterocycles. The fraction of sp³-hybridized carbons (Fsp3) is 0.250. The second kappa shape index (κ2) is 6.00. The van der Waals surface area contributed by atoms with E-state index in [-0.39, 0.29) is 12.0 Å². The zero-order valence-electron chi connectivity index (χ0n) is 11.7. The Morgan fingerprint density at radius 3 is 2.33 bits per heavy atom. The van der Waals surface area contributed by atoms with Crippen LogP contribution in [0.3, 0.4) is 0 Å². The first-order valence-electron chi connectivity index (χ1n) is 6.33. The molecule has 0 spiro atoms. The first-order valence-corrected chi connectivity index (χ1v) is 6.71. The molecule has 0 amide bonds. The molecule has 1 N–H and O–H groups in total. The van der Waals surface area contributed by atoms with Crippen LogP contribution < -0.4 is 4.74 Å². The number of halogens is 3. The van der Waals surface area contributed by atoms with Gasteiger partial charge in [0.05, 0.1) is 12.7 Å². The highest BCUT2D eigenvalue weighted by molar-refractivity contribution is 6.30. The van der Waals surface area contributed by atoms with E-state index in [9.17, 15) is 13.9 Å². The van der Waals surface area contributed by atoms with Gasteiger partial charge in [0.15, 0.2) is 0 Å². The molecule has 112 valence electrons. The molecule has 0 aromatic heterocycles. The van der Waals surface area contributed by atoms with Gasteiger partial charge < -0.3 is 9.84 Å². The summed E-state index contributed by atoms with van der Waals surface area (Å²) in [6.45, 7) is 1.49. The normalized spacial score (nSPS) is 13.8. The molecule has 0 fully saturated rings. The van der Waals surface area contributed by atoms with Crippen LogP contribution in [0.4, 0.5) is 8.78 Å². The predicted molar refractivity (Wildman–Crippen MR) is 77.6 cm³/mol. The Hall–Kier alpha value is -1.65. The van der Waals surface area contributed by atoms with Gasteiger partial charge >= 0.3 is 0 Å². The minimum absolute atomic E-state index is 0.111. The van der Waals surface area contributed by atoms with Crippen molar-refractivity contribution in [2.75, 3.05) is 7.11 Å². The third kappa shape index (κ3) is 3.71. The molecule has 1 unspecified atom stereocenters. The summed E-state index contributed by atoms with van der Waals surface area (Å²) in [4.78, 5) is 0. The van der Waals surface area contributed by atoms with Crippen LogP contribution in [-0.4, -0.2) is 12.2 Å². The lowest BCUT2D eigenvalue weighted by Crippen LogP contribution is -2.25. The molecule has 1 atom stereocenters. The summed E-state index contributed by atoms with van der Waals surface area (Å²) in [6, 6.07) is 7.99. The van der Waals surface area contributed by atoms with Gasteiger partial charge in [0, 0.05) is 17.5 Å². The van der Waals surface area contributed by atoms with Crippen LogP contribution in [0.1, 0.15) is 18.1 Å². The number of ether oxygens (including phenoxy) is 1. The summed E-state index contributed by atoms with van der Waals surface area (Å²) in [5.41, 5.74) is -0.650. The zero-order chi connectivity index (χ0) is 15.6. The number of rotatable bonds is 4. The Morgan fingerprint density at radius 2 is 1.76 bits per heavy atom. The first-order chi connectivity index (χ1) is 9.81. The van der Waals surface area contributed by atoms with E-state index in [1.54, 1.807) is 18.2 Å². The lowest BCUT2D eigenvalue weighted by atomic mass is 9.88. The van der Waals surface area contributed by atoms with Gasteiger partial charge in [-0.15, -0.1) is 0 Å². The number of benzene rings is 2. The van der Waals surface area contributed by atoms with Crippen LogP contribution in [0, 0.1) is 11.6 Å². The average molecular weight is 313 g/mol. The number of aliphatic hydroxyl groups is 1. The van der Waals surface area contributed by atoms with Crippen molar-refractivity contribution in [2.45, 2.75) is 18.9 Å². The highest BCUT2D eigenvalue weighted by Crippen LogP contribution is 2.32. The minimum Gasteiger partial charge on any atom is -0.496 e. The molecule has 0 aliphatic heterocycles. The lowest BCUT2D eigenvalue weighted by molar-refractivity contribution is 0.0563. The molecule has 2 nitrogen and oxygen atoms in total. The first kappa shape index (κ1) is 15.7. The van der Waals surface area contributed by atoms with E-state index in [2.05, 4.69) is 0 Å². The molecule has 2 aromatic carbocycles. The van der Waals surface area contributed by atoms with Gasteiger partial charge in [-0.3, -0.25) is 0 Å². The smallest absolute Gasteiger partial charge is 0.126 e. The Kier molecular flexibility index (Phi) is 4.49. The predicted octanol–water partition coefficient (Wildman–Crippen LogP) is 4.08. The van der Waals surface area contributed by atoms with Gasteiger partial charge in [-0.05, 0) is 48.4 Å². The van der Waals surface area contributed by atoms with Gasteiger partial charge in [0.25, 0.3) is 0 Å². The number of hydrogen-bond donors (Lipinski definition) is 1. The molecule has 5 heteroatoms. The molecule has 0 aliphatic carbocycles. The molecular weight excluding hydrogens is 298 g/mol. The van der Waals surface area contributed by atoms with Crippen molar-refractivity contribution in [2.24, 2.45) is 0 Å². The van der Waals surface area contributed by atoms with Crippen molar-refractivity contribution >= 4 is 11.6 Å². The van der Waals surface area contributed by atoms with E-state index >= 15 is 0 Å². The van der Waals surface area contributed by atoms with Gasteiger partial charge in [0.2, 0.25) is 0 Å². The van der Waals surface area contributed by atoms with E-state index in [1.165, 1.54) is 14.0 Å². The Bertz CT molecular complexity index is 636. The number of methoxy groups -OCH3 is 1. The molecule has 2 aromatic rings. The van der Waals surface area contributed by atoms with E-state index in [0.29, 0.717) is 16.3 Å².